The molecule has 1 rings (SSSR count). The number of nitrogens with one attached hydrogen (secondary N) is 2. The van der Waals surface area contributed by atoms with Crippen LogP contribution < -0.4 is 9.44 Å². The molecule has 138 valence electrons. The standard InChI is InChI=1S/C14H24N2O6S2/c1-11(2)9-15-23(17,18)12-5-7-13(8-6-12)24(19,20)16-10-14(21-3)22-4/h5-8,11,14-16H,9-10H2,1-4H3. The molecule has 0 aliphatic heterocycles. The molecule has 1 aromatic rings. The maximum atomic E-state index is 12.2. The summed E-state index contributed by atoms with van der Waals surface area (Å²) in [6.45, 7) is 4.01. The Hall–Kier alpha value is -1.04. The third-order valence-corrected chi connectivity index (χ3v) is 5.97. The van der Waals surface area contributed by atoms with E-state index in [-0.39, 0.29) is 22.3 Å². The van der Waals surface area contributed by atoms with Gasteiger partial charge in [-0.15, -0.1) is 0 Å². The van der Waals surface area contributed by atoms with E-state index in [0.29, 0.717) is 6.54 Å². The Balaban J connectivity index is 2.86. The van der Waals surface area contributed by atoms with Gasteiger partial charge in [-0.05, 0) is 30.2 Å². The second kappa shape index (κ2) is 8.88. The molecule has 0 aliphatic carbocycles. The monoisotopic (exact) mass is 380 g/mol. The molecule has 0 fully saturated rings. The van der Waals surface area contributed by atoms with Crippen LogP contribution in [0.3, 0.4) is 0 Å². The van der Waals surface area contributed by atoms with Gasteiger partial charge in [0.2, 0.25) is 20.0 Å². The van der Waals surface area contributed by atoms with Gasteiger partial charge in [0.15, 0.2) is 6.29 Å². The molecule has 0 spiro atoms. The van der Waals surface area contributed by atoms with Crippen LogP contribution in [0.25, 0.3) is 0 Å². The van der Waals surface area contributed by atoms with Crippen molar-refractivity contribution < 1.29 is 26.3 Å². The van der Waals surface area contributed by atoms with Crippen LogP contribution in [-0.2, 0) is 29.5 Å². The highest BCUT2D eigenvalue weighted by atomic mass is 32.2. The average molecular weight is 380 g/mol. The predicted octanol–water partition coefficient (Wildman–Crippen LogP) is 0.518. The second-order valence-corrected chi connectivity index (χ2v) is 9.00. The lowest BCUT2D eigenvalue weighted by Crippen LogP contribution is -2.34. The number of sulfonamides is 2. The van der Waals surface area contributed by atoms with Crippen LogP contribution in [0.4, 0.5) is 0 Å². The summed E-state index contributed by atoms with van der Waals surface area (Å²) in [6.07, 6.45) is -0.709. The minimum absolute atomic E-state index is 0.00811. The maximum absolute atomic E-state index is 12.2. The fourth-order valence-electron chi connectivity index (χ4n) is 1.68. The number of rotatable bonds is 10. The first-order valence-corrected chi connectivity index (χ1v) is 10.2. The Morgan fingerprint density at radius 3 is 1.54 bits per heavy atom. The van der Waals surface area contributed by atoms with Gasteiger partial charge < -0.3 is 9.47 Å². The van der Waals surface area contributed by atoms with Crippen molar-refractivity contribution in [2.75, 3.05) is 27.3 Å². The van der Waals surface area contributed by atoms with Crippen molar-refractivity contribution in [1.82, 2.24) is 9.44 Å². The molecule has 0 saturated carbocycles. The van der Waals surface area contributed by atoms with E-state index in [4.69, 9.17) is 9.47 Å². The summed E-state index contributed by atoms with van der Waals surface area (Å²) in [5, 5.41) is 0. The smallest absolute Gasteiger partial charge is 0.240 e. The van der Waals surface area contributed by atoms with Crippen LogP contribution in [0.15, 0.2) is 34.1 Å². The summed E-state index contributed by atoms with van der Waals surface area (Å²) in [5.74, 6) is 0.165. The molecule has 0 saturated heterocycles. The van der Waals surface area contributed by atoms with Gasteiger partial charge in [0.1, 0.15) is 0 Å². The zero-order valence-corrected chi connectivity index (χ0v) is 15.8. The van der Waals surface area contributed by atoms with E-state index < -0.39 is 26.3 Å². The molecule has 0 atom stereocenters. The van der Waals surface area contributed by atoms with Crippen LogP contribution >= 0.6 is 0 Å². The zero-order valence-electron chi connectivity index (χ0n) is 14.1. The lowest BCUT2D eigenvalue weighted by atomic mass is 10.2. The van der Waals surface area contributed by atoms with Crippen molar-refractivity contribution >= 4 is 20.0 Å². The highest BCUT2D eigenvalue weighted by Crippen LogP contribution is 2.14. The van der Waals surface area contributed by atoms with Gasteiger partial charge in [-0.2, -0.15) is 0 Å². The SMILES string of the molecule is COC(CNS(=O)(=O)c1ccc(S(=O)(=O)NCC(C)C)cc1)OC. The van der Waals surface area contributed by atoms with E-state index >= 15 is 0 Å². The maximum Gasteiger partial charge on any atom is 0.240 e. The Morgan fingerprint density at radius 2 is 1.21 bits per heavy atom. The molecule has 2 N–H and O–H groups in total. The molecule has 1 aromatic carbocycles. The van der Waals surface area contributed by atoms with Crippen molar-refractivity contribution in [3.8, 4) is 0 Å². The molecule has 0 amide bonds. The fraction of sp³-hybridized carbons (Fsp3) is 0.571. The van der Waals surface area contributed by atoms with E-state index in [1.807, 2.05) is 13.8 Å². The molecule has 0 aromatic heterocycles. The normalized spacial score (nSPS) is 12.9. The van der Waals surface area contributed by atoms with Gasteiger partial charge in [0.05, 0.1) is 16.3 Å². The largest absolute Gasteiger partial charge is 0.355 e. The molecule has 0 radical (unpaired) electrons. The predicted molar refractivity (Wildman–Crippen MR) is 89.5 cm³/mol. The summed E-state index contributed by atoms with van der Waals surface area (Å²) >= 11 is 0. The fourth-order valence-corrected chi connectivity index (χ4v) is 3.91. The first kappa shape index (κ1) is 21.0. The number of methoxy groups -OCH3 is 2. The molecule has 8 nitrogen and oxygen atoms in total. The van der Waals surface area contributed by atoms with Gasteiger partial charge >= 0.3 is 0 Å². The average Bonchev–Trinajstić information content (AvgIpc) is 2.54. The minimum Gasteiger partial charge on any atom is -0.355 e. The molecule has 0 heterocycles. The summed E-state index contributed by atoms with van der Waals surface area (Å²) in [4.78, 5) is -0.0370. The first-order valence-electron chi connectivity index (χ1n) is 7.27. The summed E-state index contributed by atoms with van der Waals surface area (Å²) < 4.78 is 63.1. The van der Waals surface area contributed by atoms with E-state index in [0.717, 1.165) is 0 Å². The molecule has 0 aliphatic rings. The van der Waals surface area contributed by atoms with Crippen molar-refractivity contribution in [1.29, 1.82) is 0 Å². The van der Waals surface area contributed by atoms with Crippen LogP contribution in [-0.4, -0.2) is 50.4 Å². The Morgan fingerprint density at radius 1 is 0.833 bits per heavy atom. The Kier molecular flexibility index (Phi) is 7.77. The summed E-state index contributed by atoms with van der Waals surface area (Å²) in [5.41, 5.74) is 0. The quantitative estimate of drug-likeness (QED) is 0.573. The van der Waals surface area contributed by atoms with Crippen molar-refractivity contribution in [2.24, 2.45) is 5.92 Å². The van der Waals surface area contributed by atoms with E-state index in [9.17, 15) is 16.8 Å². The van der Waals surface area contributed by atoms with Crippen molar-refractivity contribution in [2.45, 2.75) is 29.9 Å². The Labute approximate surface area is 143 Å². The van der Waals surface area contributed by atoms with Gasteiger partial charge in [0.25, 0.3) is 0 Å². The summed E-state index contributed by atoms with van der Waals surface area (Å²) in [6, 6.07) is 4.98. The molecular weight excluding hydrogens is 356 g/mol. The van der Waals surface area contributed by atoms with Crippen molar-refractivity contribution in [3.63, 3.8) is 0 Å². The lowest BCUT2D eigenvalue weighted by molar-refractivity contribution is -0.0960. The van der Waals surface area contributed by atoms with Crippen LogP contribution in [0.5, 0.6) is 0 Å². The number of hydrogen-bond acceptors (Lipinski definition) is 6. The highest BCUT2D eigenvalue weighted by molar-refractivity contribution is 7.90. The zero-order chi connectivity index (χ0) is 18.4. The van der Waals surface area contributed by atoms with Crippen LogP contribution in [0, 0.1) is 5.92 Å². The van der Waals surface area contributed by atoms with E-state index in [1.54, 1.807) is 0 Å². The first-order chi connectivity index (χ1) is 11.1. The molecule has 0 bridgehead atoms. The van der Waals surface area contributed by atoms with E-state index in [2.05, 4.69) is 9.44 Å². The minimum atomic E-state index is -3.79. The van der Waals surface area contributed by atoms with Crippen LogP contribution in [0.2, 0.25) is 0 Å². The molecule has 10 heteroatoms. The topological polar surface area (TPSA) is 111 Å². The number of ether oxygens (including phenoxy) is 2. The van der Waals surface area contributed by atoms with Gasteiger partial charge in [-0.3, -0.25) is 0 Å². The van der Waals surface area contributed by atoms with Gasteiger partial charge in [0, 0.05) is 20.8 Å². The third kappa shape index (κ3) is 6.11. The van der Waals surface area contributed by atoms with Gasteiger partial charge in [-0.1, -0.05) is 13.8 Å². The molecular formula is C14H24N2O6S2. The van der Waals surface area contributed by atoms with E-state index in [1.165, 1.54) is 38.5 Å². The van der Waals surface area contributed by atoms with Gasteiger partial charge in [-0.25, -0.2) is 26.3 Å². The Bertz CT molecular complexity index is 710. The third-order valence-electron chi connectivity index (χ3n) is 3.09. The number of hydrogen-bond donors (Lipinski definition) is 2. The number of benzene rings is 1. The highest BCUT2D eigenvalue weighted by Gasteiger charge is 2.19. The van der Waals surface area contributed by atoms with Crippen molar-refractivity contribution in [3.05, 3.63) is 24.3 Å². The second-order valence-electron chi connectivity index (χ2n) is 5.47. The summed E-state index contributed by atoms with van der Waals surface area (Å²) in [7, 11) is -4.65. The lowest BCUT2D eigenvalue weighted by Gasteiger charge is -2.14. The van der Waals surface area contributed by atoms with Crippen LogP contribution in [0.1, 0.15) is 13.8 Å². The molecule has 0 unspecified atom stereocenters. The molecule has 24 heavy (non-hydrogen) atoms.